The molecule has 0 aromatic heterocycles. The van der Waals surface area contributed by atoms with Crippen molar-refractivity contribution in [2.45, 2.75) is 10.9 Å². The van der Waals surface area contributed by atoms with E-state index in [1.54, 1.807) is 28.6 Å². The minimum Gasteiger partial charge on any atom is -0.495 e. The van der Waals surface area contributed by atoms with E-state index in [9.17, 15) is 8.42 Å². The molecule has 1 aromatic carbocycles. The lowest BCUT2D eigenvalue weighted by molar-refractivity contribution is 0.103. The van der Waals surface area contributed by atoms with Gasteiger partial charge in [-0.2, -0.15) is 4.31 Å². The predicted octanol–water partition coefficient (Wildman–Crippen LogP) is -0.0267. The summed E-state index contributed by atoms with van der Waals surface area (Å²) in [6.45, 7) is 4.69. The second kappa shape index (κ2) is 5.92. The smallest absolute Gasteiger partial charge is 0.246 e. The molecule has 2 fully saturated rings. The van der Waals surface area contributed by atoms with Gasteiger partial charge >= 0.3 is 0 Å². The lowest BCUT2D eigenvalue weighted by atomic mass is 10.1. The van der Waals surface area contributed by atoms with Crippen LogP contribution in [-0.4, -0.2) is 70.0 Å². The molecule has 0 radical (unpaired) electrons. The third kappa shape index (κ3) is 2.78. The first-order valence-corrected chi connectivity index (χ1v) is 8.65. The van der Waals surface area contributed by atoms with E-state index in [-0.39, 0.29) is 4.90 Å². The molecule has 6 nitrogen and oxygen atoms in total. The summed E-state index contributed by atoms with van der Waals surface area (Å²) < 4.78 is 32.2. The van der Waals surface area contributed by atoms with Crippen LogP contribution in [0.5, 0.6) is 5.75 Å². The fraction of sp³-hybridized carbons (Fsp3) is 0.571. The zero-order chi connectivity index (χ0) is 14.9. The van der Waals surface area contributed by atoms with Crippen LogP contribution in [0.3, 0.4) is 0 Å². The molecule has 116 valence electrons. The molecular formula is C14H21N3O3S. The first-order valence-electron chi connectivity index (χ1n) is 7.21. The molecule has 0 aliphatic carbocycles. The van der Waals surface area contributed by atoms with Gasteiger partial charge in [0.1, 0.15) is 10.6 Å². The molecule has 0 bridgehead atoms. The number of piperazine rings is 1. The maximum Gasteiger partial charge on any atom is 0.246 e. The highest BCUT2D eigenvalue weighted by Crippen LogP contribution is 2.27. The minimum absolute atomic E-state index is 0.256. The Kier molecular flexibility index (Phi) is 4.17. The quantitative estimate of drug-likeness (QED) is 0.846. The second-order valence-corrected chi connectivity index (χ2v) is 7.31. The zero-order valence-corrected chi connectivity index (χ0v) is 13.0. The van der Waals surface area contributed by atoms with Crippen LogP contribution in [0, 0.1) is 0 Å². The Balaban J connectivity index is 1.74. The standard InChI is InChI=1S/C14H21N3O3S/c1-20-13-4-2-3-5-14(13)21(18,19)17-8-6-16(7-9-17)12-10-15-11-12/h2-5,12,15H,6-11H2,1H3. The van der Waals surface area contributed by atoms with E-state index in [0.717, 1.165) is 26.2 Å². The van der Waals surface area contributed by atoms with Gasteiger partial charge in [-0.15, -0.1) is 0 Å². The first-order chi connectivity index (χ1) is 10.1. The molecule has 21 heavy (non-hydrogen) atoms. The molecule has 2 heterocycles. The maximum atomic E-state index is 12.7. The van der Waals surface area contributed by atoms with Gasteiger partial charge in [0.25, 0.3) is 0 Å². The molecule has 0 amide bonds. The number of hydrogen-bond donors (Lipinski definition) is 1. The van der Waals surface area contributed by atoms with E-state index < -0.39 is 10.0 Å². The van der Waals surface area contributed by atoms with Crippen molar-refractivity contribution >= 4 is 10.0 Å². The van der Waals surface area contributed by atoms with Crippen LogP contribution >= 0.6 is 0 Å². The van der Waals surface area contributed by atoms with Crippen LogP contribution < -0.4 is 10.1 Å². The number of hydrogen-bond acceptors (Lipinski definition) is 5. The van der Waals surface area contributed by atoms with Gasteiger partial charge in [0, 0.05) is 45.3 Å². The number of benzene rings is 1. The fourth-order valence-electron chi connectivity index (χ4n) is 2.81. The third-order valence-corrected chi connectivity index (χ3v) is 6.17. The topological polar surface area (TPSA) is 61.9 Å². The summed E-state index contributed by atoms with van der Waals surface area (Å²) in [5, 5.41) is 3.25. The van der Waals surface area contributed by atoms with Gasteiger partial charge in [0.2, 0.25) is 10.0 Å². The van der Waals surface area contributed by atoms with Gasteiger partial charge in [-0.1, -0.05) is 12.1 Å². The molecule has 0 unspecified atom stereocenters. The molecular weight excluding hydrogens is 290 g/mol. The molecule has 2 aliphatic rings. The molecule has 3 rings (SSSR count). The van der Waals surface area contributed by atoms with Crippen molar-refractivity contribution in [1.29, 1.82) is 0 Å². The van der Waals surface area contributed by atoms with Crippen molar-refractivity contribution in [2.75, 3.05) is 46.4 Å². The van der Waals surface area contributed by atoms with E-state index in [0.29, 0.717) is 24.9 Å². The lowest BCUT2D eigenvalue weighted by Crippen LogP contribution is -2.62. The Labute approximate surface area is 125 Å². The summed E-state index contributed by atoms with van der Waals surface area (Å²) in [5.74, 6) is 0.406. The third-order valence-electron chi connectivity index (χ3n) is 4.24. The van der Waals surface area contributed by atoms with Gasteiger partial charge in [0.15, 0.2) is 0 Å². The number of rotatable bonds is 4. The number of nitrogens with one attached hydrogen (secondary N) is 1. The van der Waals surface area contributed by atoms with Gasteiger partial charge in [-0.3, -0.25) is 4.90 Å². The van der Waals surface area contributed by atoms with Crippen LogP contribution in [0.15, 0.2) is 29.2 Å². The summed E-state index contributed by atoms with van der Waals surface area (Å²) in [7, 11) is -1.98. The van der Waals surface area contributed by atoms with E-state index >= 15 is 0 Å². The molecule has 0 spiro atoms. The monoisotopic (exact) mass is 311 g/mol. The highest BCUT2D eigenvalue weighted by atomic mass is 32.2. The molecule has 1 aromatic rings. The normalized spacial score (nSPS) is 22.0. The van der Waals surface area contributed by atoms with Gasteiger partial charge in [-0.25, -0.2) is 8.42 Å². The van der Waals surface area contributed by atoms with E-state index in [1.807, 2.05) is 0 Å². The van der Waals surface area contributed by atoms with Crippen LogP contribution in [0.4, 0.5) is 0 Å². The first kappa shape index (κ1) is 14.8. The van der Waals surface area contributed by atoms with E-state index in [4.69, 9.17) is 4.74 Å². The van der Waals surface area contributed by atoms with Crippen LogP contribution in [0.25, 0.3) is 0 Å². The van der Waals surface area contributed by atoms with E-state index in [2.05, 4.69) is 10.2 Å². The highest BCUT2D eigenvalue weighted by Gasteiger charge is 2.33. The summed E-state index contributed by atoms with van der Waals surface area (Å²) in [5.41, 5.74) is 0. The van der Waals surface area contributed by atoms with Crippen molar-refractivity contribution in [1.82, 2.24) is 14.5 Å². The largest absolute Gasteiger partial charge is 0.495 e. The Morgan fingerprint density at radius 3 is 2.38 bits per heavy atom. The van der Waals surface area contributed by atoms with Crippen molar-refractivity contribution in [3.8, 4) is 5.75 Å². The van der Waals surface area contributed by atoms with Crippen molar-refractivity contribution in [2.24, 2.45) is 0 Å². The number of ether oxygens (including phenoxy) is 1. The fourth-order valence-corrected chi connectivity index (χ4v) is 4.39. The van der Waals surface area contributed by atoms with Crippen LogP contribution in [-0.2, 0) is 10.0 Å². The molecule has 1 N–H and O–H groups in total. The highest BCUT2D eigenvalue weighted by molar-refractivity contribution is 7.89. The van der Waals surface area contributed by atoms with Crippen molar-refractivity contribution in [3.05, 3.63) is 24.3 Å². The molecule has 2 saturated heterocycles. The molecule has 2 aliphatic heterocycles. The summed E-state index contributed by atoms with van der Waals surface area (Å²) in [4.78, 5) is 2.62. The predicted molar refractivity (Wildman–Crippen MR) is 80.0 cm³/mol. The van der Waals surface area contributed by atoms with E-state index in [1.165, 1.54) is 7.11 Å². The van der Waals surface area contributed by atoms with Gasteiger partial charge < -0.3 is 10.1 Å². The second-order valence-electron chi connectivity index (χ2n) is 5.40. The van der Waals surface area contributed by atoms with Gasteiger partial charge in [-0.05, 0) is 12.1 Å². The number of nitrogens with zero attached hydrogens (tertiary/aromatic N) is 2. The Hall–Kier alpha value is -1.15. The summed E-state index contributed by atoms with van der Waals surface area (Å²) >= 11 is 0. The lowest BCUT2D eigenvalue weighted by Gasteiger charge is -2.42. The number of methoxy groups -OCH3 is 1. The molecule has 0 saturated carbocycles. The van der Waals surface area contributed by atoms with Crippen molar-refractivity contribution < 1.29 is 13.2 Å². The summed E-state index contributed by atoms with van der Waals surface area (Å²) in [6.07, 6.45) is 0. The number of para-hydroxylation sites is 1. The maximum absolute atomic E-state index is 12.7. The van der Waals surface area contributed by atoms with Crippen LogP contribution in [0.1, 0.15) is 0 Å². The average Bonchev–Trinajstić information content (AvgIpc) is 2.46. The Morgan fingerprint density at radius 2 is 1.81 bits per heavy atom. The van der Waals surface area contributed by atoms with Crippen molar-refractivity contribution in [3.63, 3.8) is 0 Å². The van der Waals surface area contributed by atoms with Crippen LogP contribution in [0.2, 0.25) is 0 Å². The minimum atomic E-state index is -3.48. The Bertz CT molecular complexity index is 593. The Morgan fingerprint density at radius 1 is 1.14 bits per heavy atom. The molecule has 0 atom stereocenters. The SMILES string of the molecule is COc1ccccc1S(=O)(=O)N1CCN(C2CNC2)CC1. The summed E-state index contributed by atoms with van der Waals surface area (Å²) in [6, 6.07) is 7.37. The zero-order valence-electron chi connectivity index (χ0n) is 12.2. The van der Waals surface area contributed by atoms with Gasteiger partial charge in [0.05, 0.1) is 7.11 Å². The molecule has 7 heteroatoms. The number of sulfonamides is 1. The average molecular weight is 311 g/mol.